The van der Waals surface area contributed by atoms with Crippen molar-refractivity contribution in [2.24, 2.45) is 5.73 Å². The summed E-state index contributed by atoms with van der Waals surface area (Å²) >= 11 is 0. The van der Waals surface area contributed by atoms with Crippen molar-refractivity contribution in [1.82, 2.24) is 29.8 Å². The number of nitrogens with two attached hydrogens (primary N) is 1. The van der Waals surface area contributed by atoms with E-state index in [4.69, 9.17) is 24.7 Å². The van der Waals surface area contributed by atoms with E-state index in [1.807, 2.05) is 115 Å². The number of alkyl carbamates (subject to hydrolysis) is 1. The Hall–Kier alpha value is -8.29. The molecular weight excluding hydrogens is 951 g/mol. The molecule has 5 aromatic carbocycles. The first kappa shape index (κ1) is 53.5. The lowest BCUT2D eigenvalue weighted by atomic mass is 9.98. The van der Waals surface area contributed by atoms with Crippen molar-refractivity contribution in [2.75, 3.05) is 85.1 Å². The second kappa shape index (κ2) is 27.0. The highest BCUT2D eigenvalue weighted by atomic mass is 16.6. The summed E-state index contributed by atoms with van der Waals surface area (Å²) in [5, 5.41) is 12.9. The Kier molecular flexibility index (Phi) is 19.5. The first-order chi connectivity index (χ1) is 36.0. The monoisotopic (exact) mass is 1010 g/mol. The fraction of sp³-hybridized carbons (Fsp3) is 0.327. The Bertz CT molecular complexity index is 2580. The van der Waals surface area contributed by atoms with Crippen LogP contribution in [0.25, 0.3) is 11.1 Å². The Labute approximate surface area is 429 Å². The average Bonchev–Trinajstić information content (AvgIpc) is 3.74. The van der Waals surface area contributed by atoms with Crippen LogP contribution in [-0.2, 0) is 53.2 Å². The van der Waals surface area contributed by atoms with Crippen molar-refractivity contribution in [3.63, 3.8) is 0 Å². The zero-order valence-corrected chi connectivity index (χ0v) is 41.0. The summed E-state index contributed by atoms with van der Waals surface area (Å²) in [5.41, 5.74) is 12.0. The zero-order chi connectivity index (χ0) is 52.2. The predicted molar refractivity (Wildman–Crippen MR) is 271 cm³/mol. The van der Waals surface area contributed by atoms with E-state index in [0.717, 1.165) is 43.8 Å². The van der Waals surface area contributed by atoms with Gasteiger partial charge in [-0.2, -0.15) is 0 Å². The molecule has 5 amide bonds. The standard InChI is InChI=1S/C55H61N7O12/c56-34-48(63)50(51(65)66)62(25-24-57-52(67)71-39-47-45-22-12-10-20-43(45)44-21-11-13-23-46(44)47)49(64)35-58-26-28-59(53(68)72-36-40-14-4-1-5-15-40)30-32-61(55(70)74-38-42-18-8-3-9-19-42)33-31-60(29-27-58)54(69)73-37-41-16-6-2-7-17-41/h1-23,47,50H,24-39,56H2,(H,57,67)(H,65,66). The van der Waals surface area contributed by atoms with Gasteiger partial charge in [0.05, 0.1) is 13.1 Å². The van der Waals surface area contributed by atoms with Crippen LogP contribution in [-0.4, -0.2) is 163 Å². The highest BCUT2D eigenvalue weighted by Gasteiger charge is 2.36. The molecule has 1 aliphatic heterocycles. The van der Waals surface area contributed by atoms with Crippen LogP contribution in [0.2, 0.25) is 0 Å². The molecule has 0 radical (unpaired) electrons. The predicted octanol–water partition coefficient (Wildman–Crippen LogP) is 5.57. The Morgan fingerprint density at radius 3 is 1.35 bits per heavy atom. The fourth-order valence-electron chi connectivity index (χ4n) is 8.76. The number of rotatable bonds is 17. The summed E-state index contributed by atoms with van der Waals surface area (Å²) in [6.45, 7) is -2.35. The Balaban J connectivity index is 1.08. The van der Waals surface area contributed by atoms with E-state index in [1.165, 1.54) is 14.7 Å². The molecular formula is C55H61N7O12. The normalized spacial score (nSPS) is 14.5. The van der Waals surface area contributed by atoms with Crippen LogP contribution in [0.3, 0.4) is 0 Å². The number of amides is 5. The Morgan fingerprint density at radius 1 is 0.554 bits per heavy atom. The number of nitrogens with one attached hydrogen (secondary N) is 1. The van der Waals surface area contributed by atoms with E-state index in [1.54, 1.807) is 29.2 Å². The van der Waals surface area contributed by atoms with E-state index in [-0.39, 0.29) is 91.2 Å². The number of fused-ring (bicyclic) bond motifs is 3. The van der Waals surface area contributed by atoms with Crippen molar-refractivity contribution in [3.05, 3.63) is 167 Å². The van der Waals surface area contributed by atoms with Crippen LogP contribution in [0.4, 0.5) is 19.2 Å². The molecule has 5 aromatic rings. The number of ketones is 1. The van der Waals surface area contributed by atoms with Crippen LogP contribution in [0, 0.1) is 0 Å². The number of Topliss-reactive ketones (excluding diaryl/α,β-unsaturated/α-hetero) is 1. The minimum atomic E-state index is -2.01. The number of hydrogen-bond donors (Lipinski definition) is 3. The highest BCUT2D eigenvalue weighted by Crippen LogP contribution is 2.44. The summed E-state index contributed by atoms with van der Waals surface area (Å²) < 4.78 is 22.8. The fourth-order valence-corrected chi connectivity index (χ4v) is 8.76. The molecule has 1 saturated heterocycles. The first-order valence-corrected chi connectivity index (χ1v) is 24.4. The number of hydrogen-bond acceptors (Lipinski definition) is 13. The summed E-state index contributed by atoms with van der Waals surface area (Å²) in [5.74, 6) is -3.62. The SMILES string of the molecule is NCC(=O)C(C(=O)O)N(CCNC(=O)OCC1c2ccccc2-c2ccccc21)C(=O)CN1CCN(C(=O)OCc2ccccc2)CCN(C(=O)OCc2ccccc2)CCN(C(=O)OCc2ccccc2)CC1. The van der Waals surface area contributed by atoms with Gasteiger partial charge in [-0.05, 0) is 38.9 Å². The molecule has 19 nitrogen and oxygen atoms in total. The molecule has 0 bridgehead atoms. The molecule has 1 heterocycles. The van der Waals surface area contributed by atoms with Gasteiger partial charge in [-0.3, -0.25) is 14.5 Å². The topological polar surface area (TPSA) is 231 Å². The van der Waals surface area contributed by atoms with E-state index < -0.39 is 67.7 Å². The Morgan fingerprint density at radius 2 is 0.946 bits per heavy atom. The lowest BCUT2D eigenvalue weighted by Crippen LogP contribution is -2.56. The van der Waals surface area contributed by atoms with E-state index >= 15 is 0 Å². The molecule has 4 N–H and O–H groups in total. The molecule has 388 valence electrons. The molecule has 7 rings (SSSR count). The molecule has 19 heteroatoms. The molecule has 1 atom stereocenters. The lowest BCUT2D eigenvalue weighted by molar-refractivity contribution is -0.154. The minimum Gasteiger partial charge on any atom is -0.479 e. The number of aliphatic carboxylic acids is 1. The van der Waals surface area contributed by atoms with Crippen molar-refractivity contribution in [2.45, 2.75) is 31.8 Å². The zero-order valence-electron chi connectivity index (χ0n) is 41.0. The number of nitrogens with zero attached hydrogens (tertiary/aromatic N) is 5. The molecule has 0 aromatic heterocycles. The van der Waals surface area contributed by atoms with Gasteiger partial charge < -0.3 is 54.7 Å². The largest absolute Gasteiger partial charge is 0.479 e. The highest BCUT2D eigenvalue weighted by molar-refractivity contribution is 6.06. The number of carboxylic acids is 1. The van der Waals surface area contributed by atoms with Crippen LogP contribution >= 0.6 is 0 Å². The van der Waals surface area contributed by atoms with Crippen molar-refractivity contribution in [1.29, 1.82) is 0 Å². The summed E-state index contributed by atoms with van der Waals surface area (Å²) in [4.78, 5) is 102. The van der Waals surface area contributed by atoms with E-state index in [9.17, 15) is 38.7 Å². The van der Waals surface area contributed by atoms with E-state index in [2.05, 4.69) is 5.32 Å². The van der Waals surface area contributed by atoms with Gasteiger partial charge in [-0.25, -0.2) is 24.0 Å². The average molecular weight is 1010 g/mol. The third-order valence-corrected chi connectivity index (χ3v) is 12.7. The van der Waals surface area contributed by atoms with Crippen molar-refractivity contribution < 1.29 is 57.6 Å². The molecule has 1 unspecified atom stereocenters. The second-order valence-electron chi connectivity index (χ2n) is 17.6. The second-order valence-corrected chi connectivity index (χ2v) is 17.6. The van der Waals surface area contributed by atoms with Gasteiger partial charge >= 0.3 is 30.3 Å². The maximum absolute atomic E-state index is 14.5. The summed E-state index contributed by atoms with van der Waals surface area (Å²) in [7, 11) is 0. The van der Waals surface area contributed by atoms with Gasteiger partial charge in [0.2, 0.25) is 5.91 Å². The molecule has 74 heavy (non-hydrogen) atoms. The molecule has 0 saturated carbocycles. The van der Waals surface area contributed by atoms with Gasteiger partial charge in [0.15, 0.2) is 11.8 Å². The molecule has 1 aliphatic carbocycles. The van der Waals surface area contributed by atoms with E-state index in [0.29, 0.717) is 0 Å². The number of benzene rings is 5. The van der Waals surface area contributed by atoms with Gasteiger partial charge in [0.25, 0.3) is 0 Å². The van der Waals surface area contributed by atoms with Crippen LogP contribution < -0.4 is 11.1 Å². The summed E-state index contributed by atoms with van der Waals surface area (Å²) in [6.07, 6.45) is -2.91. The number of carbonyl (C=O) groups is 7. The third kappa shape index (κ3) is 14.9. The summed E-state index contributed by atoms with van der Waals surface area (Å²) in [6, 6.07) is 40.9. The smallest absolute Gasteiger partial charge is 0.410 e. The maximum Gasteiger partial charge on any atom is 0.410 e. The molecule has 1 fully saturated rings. The van der Waals surface area contributed by atoms with Crippen molar-refractivity contribution in [3.8, 4) is 11.1 Å². The van der Waals surface area contributed by atoms with Crippen LogP contribution in [0.1, 0.15) is 33.7 Å². The molecule has 0 spiro atoms. The lowest BCUT2D eigenvalue weighted by Gasteiger charge is -2.34. The molecule has 2 aliphatic rings. The number of ether oxygens (including phenoxy) is 4. The third-order valence-electron chi connectivity index (χ3n) is 12.7. The quantitative estimate of drug-likeness (QED) is 0.0765. The van der Waals surface area contributed by atoms with Gasteiger partial charge in [-0.15, -0.1) is 0 Å². The first-order valence-electron chi connectivity index (χ1n) is 24.4. The minimum absolute atomic E-state index is 0.00484. The number of carboxylic acid groups (broad SMARTS) is 1. The van der Waals surface area contributed by atoms with Gasteiger partial charge in [-0.1, -0.05) is 140 Å². The number of carbonyl (C=O) groups excluding carboxylic acids is 6. The van der Waals surface area contributed by atoms with Crippen LogP contribution in [0.15, 0.2) is 140 Å². The van der Waals surface area contributed by atoms with Gasteiger partial charge in [0.1, 0.15) is 26.4 Å². The van der Waals surface area contributed by atoms with Crippen LogP contribution in [0.5, 0.6) is 0 Å². The van der Waals surface area contributed by atoms with Gasteiger partial charge in [0, 0.05) is 71.4 Å². The van der Waals surface area contributed by atoms with Crippen molar-refractivity contribution >= 4 is 42.0 Å². The maximum atomic E-state index is 14.5.